The molecule has 0 aliphatic rings. The van der Waals surface area contributed by atoms with E-state index in [1.165, 1.54) is 25.1 Å². The van der Waals surface area contributed by atoms with Crippen LogP contribution in [-0.2, 0) is 0 Å². The first kappa shape index (κ1) is 14.5. The van der Waals surface area contributed by atoms with Crippen LogP contribution in [0.25, 0.3) is 0 Å². The van der Waals surface area contributed by atoms with Crippen LogP contribution >= 0.6 is 12.6 Å². The molecule has 0 aliphatic heterocycles. The van der Waals surface area contributed by atoms with Gasteiger partial charge in [0.05, 0.1) is 0 Å². The maximum Gasteiger partial charge on any atom is 0.255 e. The van der Waals surface area contributed by atoms with Gasteiger partial charge < -0.3 is 5.32 Å². The minimum atomic E-state index is -0.880. The molecule has 20 heavy (non-hydrogen) atoms. The summed E-state index contributed by atoms with van der Waals surface area (Å²) in [5.41, 5.74) is -0.271. The van der Waals surface area contributed by atoms with E-state index >= 15 is 0 Å². The Morgan fingerprint density at radius 1 is 1.10 bits per heavy atom. The van der Waals surface area contributed by atoms with Crippen molar-refractivity contribution in [3.05, 3.63) is 58.9 Å². The molecule has 2 aromatic carbocycles. The number of amides is 1. The molecule has 0 aromatic heterocycles. The predicted molar refractivity (Wildman–Crippen MR) is 72.7 cm³/mol. The number of hydrogen-bond acceptors (Lipinski definition) is 2. The van der Waals surface area contributed by atoms with Gasteiger partial charge in [-0.2, -0.15) is 0 Å². The Kier molecular flexibility index (Phi) is 4.04. The molecule has 0 radical (unpaired) electrons. The van der Waals surface area contributed by atoms with Crippen LogP contribution in [0.1, 0.15) is 15.9 Å². The third-order valence-corrected chi connectivity index (χ3v) is 3.07. The minimum Gasteiger partial charge on any atom is -0.317 e. The van der Waals surface area contributed by atoms with Crippen molar-refractivity contribution >= 4 is 24.2 Å². The Balaban J connectivity index is 2.32. The molecule has 0 heterocycles. The van der Waals surface area contributed by atoms with Crippen molar-refractivity contribution in [3.63, 3.8) is 0 Å². The van der Waals surface area contributed by atoms with Gasteiger partial charge in [-0.05, 0) is 36.8 Å². The third-order valence-electron chi connectivity index (χ3n) is 2.73. The highest BCUT2D eigenvalue weighted by Gasteiger charge is 2.16. The third kappa shape index (κ3) is 2.80. The maximum atomic E-state index is 13.8. The Labute approximate surface area is 119 Å². The summed E-state index contributed by atoms with van der Waals surface area (Å²) in [4.78, 5) is 11.9. The van der Waals surface area contributed by atoms with Gasteiger partial charge in [-0.25, -0.2) is 13.2 Å². The van der Waals surface area contributed by atoms with Gasteiger partial charge in [0.25, 0.3) is 5.91 Å². The normalized spacial score (nSPS) is 10.4. The second-order valence-electron chi connectivity index (χ2n) is 4.17. The lowest BCUT2D eigenvalue weighted by Gasteiger charge is -2.09. The second-order valence-corrected chi connectivity index (χ2v) is 4.66. The van der Waals surface area contributed by atoms with E-state index in [1.807, 2.05) is 0 Å². The summed E-state index contributed by atoms with van der Waals surface area (Å²) >= 11 is 3.84. The van der Waals surface area contributed by atoms with E-state index in [0.717, 1.165) is 12.1 Å². The number of thiol groups is 1. The van der Waals surface area contributed by atoms with Crippen LogP contribution in [0.2, 0.25) is 0 Å². The van der Waals surface area contributed by atoms with E-state index in [0.29, 0.717) is 0 Å². The predicted octanol–water partition coefficient (Wildman–Crippen LogP) is 3.95. The zero-order valence-electron chi connectivity index (χ0n) is 10.4. The number of carbonyl (C=O) groups excluding carboxylic acids is 1. The van der Waals surface area contributed by atoms with Crippen LogP contribution < -0.4 is 5.32 Å². The molecule has 0 saturated carbocycles. The molecule has 0 spiro atoms. The first-order valence-corrected chi connectivity index (χ1v) is 6.09. The number of benzene rings is 2. The zero-order chi connectivity index (χ0) is 14.9. The van der Waals surface area contributed by atoms with Crippen molar-refractivity contribution < 1.29 is 18.0 Å². The van der Waals surface area contributed by atoms with Crippen LogP contribution in [0.15, 0.2) is 35.2 Å². The number of hydrogen-bond donors (Lipinski definition) is 2. The standard InChI is InChI=1S/C14H10F3NOS/c1-7-2-4-10(16)13(12(7)17)18-14(19)8-3-5-9(15)11(20)6-8/h2-6,20H,1H3,(H,18,19). The van der Waals surface area contributed by atoms with Crippen LogP contribution in [-0.4, -0.2) is 5.91 Å². The largest absolute Gasteiger partial charge is 0.317 e. The molecule has 2 rings (SSSR count). The van der Waals surface area contributed by atoms with Gasteiger partial charge in [-0.3, -0.25) is 4.79 Å². The molecule has 1 amide bonds. The maximum absolute atomic E-state index is 13.8. The summed E-state index contributed by atoms with van der Waals surface area (Å²) in [6.45, 7) is 1.45. The van der Waals surface area contributed by atoms with Crippen molar-refractivity contribution in [1.29, 1.82) is 0 Å². The smallest absolute Gasteiger partial charge is 0.255 e. The molecule has 0 saturated heterocycles. The van der Waals surface area contributed by atoms with Gasteiger partial charge in [0.2, 0.25) is 0 Å². The van der Waals surface area contributed by atoms with E-state index in [9.17, 15) is 18.0 Å². The molecule has 0 atom stereocenters. The van der Waals surface area contributed by atoms with Crippen molar-refractivity contribution in [2.75, 3.05) is 5.32 Å². The van der Waals surface area contributed by atoms with E-state index in [4.69, 9.17) is 0 Å². The van der Waals surface area contributed by atoms with E-state index < -0.39 is 29.0 Å². The lowest BCUT2D eigenvalue weighted by Crippen LogP contribution is -2.15. The first-order chi connectivity index (χ1) is 9.40. The molecule has 0 aliphatic carbocycles. The Morgan fingerprint density at radius 2 is 1.75 bits per heavy atom. The van der Waals surface area contributed by atoms with Gasteiger partial charge in [-0.15, -0.1) is 12.6 Å². The molecule has 0 bridgehead atoms. The zero-order valence-corrected chi connectivity index (χ0v) is 11.3. The molecular weight excluding hydrogens is 287 g/mol. The number of halogens is 3. The summed E-state index contributed by atoms with van der Waals surface area (Å²) in [7, 11) is 0. The van der Waals surface area contributed by atoms with Gasteiger partial charge in [-0.1, -0.05) is 6.07 Å². The monoisotopic (exact) mass is 297 g/mol. The fourth-order valence-corrected chi connectivity index (χ4v) is 1.82. The molecule has 1 N–H and O–H groups in total. The fraction of sp³-hybridized carbons (Fsp3) is 0.0714. The Hall–Kier alpha value is -1.95. The molecule has 2 nitrogen and oxygen atoms in total. The number of carbonyl (C=O) groups is 1. The minimum absolute atomic E-state index is 0.0252. The summed E-state index contributed by atoms with van der Waals surface area (Å²) < 4.78 is 40.3. The molecule has 0 fully saturated rings. The first-order valence-electron chi connectivity index (χ1n) is 5.64. The van der Waals surface area contributed by atoms with Crippen molar-refractivity contribution in [1.82, 2.24) is 0 Å². The highest BCUT2D eigenvalue weighted by molar-refractivity contribution is 7.80. The van der Waals surface area contributed by atoms with E-state index in [2.05, 4.69) is 17.9 Å². The van der Waals surface area contributed by atoms with Gasteiger partial charge in [0.15, 0.2) is 5.82 Å². The number of rotatable bonds is 2. The van der Waals surface area contributed by atoms with Crippen LogP contribution in [0.3, 0.4) is 0 Å². The summed E-state index contributed by atoms with van der Waals surface area (Å²) in [5.74, 6) is -3.05. The number of aryl methyl sites for hydroxylation is 1. The molecule has 6 heteroatoms. The summed E-state index contributed by atoms with van der Waals surface area (Å²) in [6.07, 6.45) is 0. The Morgan fingerprint density at radius 3 is 2.40 bits per heavy atom. The lowest BCUT2D eigenvalue weighted by atomic mass is 10.1. The highest BCUT2D eigenvalue weighted by atomic mass is 32.1. The van der Waals surface area contributed by atoms with Gasteiger partial charge >= 0.3 is 0 Å². The second kappa shape index (κ2) is 5.58. The fourth-order valence-electron chi connectivity index (χ4n) is 1.61. The van der Waals surface area contributed by atoms with E-state index in [1.54, 1.807) is 0 Å². The van der Waals surface area contributed by atoms with Crippen LogP contribution in [0.4, 0.5) is 18.9 Å². The topological polar surface area (TPSA) is 29.1 Å². The quantitative estimate of drug-likeness (QED) is 0.807. The van der Waals surface area contributed by atoms with E-state index in [-0.39, 0.29) is 16.0 Å². The van der Waals surface area contributed by atoms with Crippen LogP contribution in [0, 0.1) is 24.4 Å². The summed E-state index contributed by atoms with van der Waals surface area (Å²) in [6, 6.07) is 5.77. The SMILES string of the molecule is Cc1ccc(F)c(NC(=O)c2ccc(F)c(S)c2)c1F. The van der Waals surface area contributed by atoms with Crippen LogP contribution in [0.5, 0.6) is 0 Å². The Bertz CT molecular complexity index is 688. The average molecular weight is 297 g/mol. The highest BCUT2D eigenvalue weighted by Crippen LogP contribution is 2.23. The lowest BCUT2D eigenvalue weighted by molar-refractivity contribution is 0.102. The number of nitrogens with one attached hydrogen (secondary N) is 1. The molecule has 104 valence electrons. The molecule has 0 unspecified atom stereocenters. The van der Waals surface area contributed by atoms with Crippen molar-refractivity contribution in [2.45, 2.75) is 11.8 Å². The van der Waals surface area contributed by atoms with Gasteiger partial charge in [0.1, 0.15) is 17.3 Å². The van der Waals surface area contributed by atoms with Gasteiger partial charge in [0, 0.05) is 10.5 Å². The average Bonchev–Trinajstić information content (AvgIpc) is 2.42. The summed E-state index contributed by atoms with van der Waals surface area (Å²) in [5, 5.41) is 2.14. The van der Waals surface area contributed by atoms with Crippen molar-refractivity contribution in [2.24, 2.45) is 0 Å². The molecular formula is C14H10F3NOS. The molecule has 2 aromatic rings. The van der Waals surface area contributed by atoms with Crippen molar-refractivity contribution in [3.8, 4) is 0 Å². The number of anilines is 1.